The van der Waals surface area contributed by atoms with E-state index in [0.29, 0.717) is 6.04 Å². The highest BCUT2D eigenvalue weighted by molar-refractivity contribution is 5.71. The molecule has 1 aliphatic carbocycles. The first kappa shape index (κ1) is 12.3. The highest BCUT2D eigenvalue weighted by atomic mass is 16.6. The minimum absolute atomic E-state index is 0.0520. The predicted molar refractivity (Wildman–Crippen MR) is 69.5 cm³/mol. The number of nitrogens with one attached hydrogen (secondary N) is 1. The van der Waals surface area contributed by atoms with Crippen LogP contribution in [-0.2, 0) is 4.74 Å². The average molecular weight is 252 g/mol. The van der Waals surface area contributed by atoms with Crippen molar-refractivity contribution in [3.05, 3.63) is 0 Å². The van der Waals surface area contributed by atoms with Crippen molar-refractivity contribution in [1.29, 1.82) is 0 Å². The molecule has 18 heavy (non-hydrogen) atoms. The SMILES string of the molecule is O=C1OC2(CCNCC2)CN1C1CCCCCC1. The zero-order valence-electron chi connectivity index (χ0n) is 11.1. The molecule has 3 aliphatic rings. The van der Waals surface area contributed by atoms with Crippen LogP contribution in [0.5, 0.6) is 0 Å². The van der Waals surface area contributed by atoms with Gasteiger partial charge in [0.05, 0.1) is 6.54 Å². The first-order chi connectivity index (χ1) is 8.79. The van der Waals surface area contributed by atoms with Crippen LogP contribution in [-0.4, -0.2) is 42.3 Å². The van der Waals surface area contributed by atoms with Gasteiger partial charge in [0, 0.05) is 18.9 Å². The molecule has 4 nitrogen and oxygen atoms in total. The summed E-state index contributed by atoms with van der Waals surface area (Å²) < 4.78 is 5.74. The van der Waals surface area contributed by atoms with Crippen molar-refractivity contribution in [2.45, 2.75) is 63.0 Å². The number of piperidine rings is 1. The summed E-state index contributed by atoms with van der Waals surface area (Å²) in [5.74, 6) is 0. The summed E-state index contributed by atoms with van der Waals surface area (Å²) in [5, 5.41) is 3.35. The maximum absolute atomic E-state index is 12.1. The van der Waals surface area contributed by atoms with E-state index in [1.54, 1.807) is 0 Å². The Bertz CT molecular complexity index is 305. The van der Waals surface area contributed by atoms with Crippen molar-refractivity contribution in [2.75, 3.05) is 19.6 Å². The van der Waals surface area contributed by atoms with E-state index in [4.69, 9.17) is 4.74 Å². The topological polar surface area (TPSA) is 41.6 Å². The molecule has 2 heterocycles. The minimum Gasteiger partial charge on any atom is -0.441 e. The molecule has 1 saturated carbocycles. The Kier molecular flexibility index (Phi) is 3.46. The summed E-state index contributed by atoms with van der Waals surface area (Å²) in [7, 11) is 0. The van der Waals surface area contributed by atoms with Gasteiger partial charge in [0.1, 0.15) is 5.60 Å². The van der Waals surface area contributed by atoms with Gasteiger partial charge in [-0.15, -0.1) is 0 Å². The molecule has 0 aromatic carbocycles. The summed E-state index contributed by atoms with van der Waals surface area (Å²) in [4.78, 5) is 14.2. The Balaban J connectivity index is 1.67. The normalized spacial score (nSPS) is 29.3. The number of carbonyl (C=O) groups excluding carboxylic acids is 1. The van der Waals surface area contributed by atoms with Crippen LogP contribution in [0, 0.1) is 0 Å². The Labute approximate surface area is 109 Å². The molecule has 0 aromatic rings. The van der Waals surface area contributed by atoms with Crippen LogP contribution < -0.4 is 5.32 Å². The Morgan fingerprint density at radius 3 is 2.44 bits per heavy atom. The first-order valence-electron chi connectivity index (χ1n) is 7.49. The number of ether oxygens (including phenoxy) is 1. The second-order valence-electron chi connectivity index (χ2n) is 6.07. The van der Waals surface area contributed by atoms with E-state index in [1.807, 2.05) is 4.90 Å². The number of hydrogen-bond acceptors (Lipinski definition) is 3. The van der Waals surface area contributed by atoms with Crippen molar-refractivity contribution in [3.63, 3.8) is 0 Å². The van der Waals surface area contributed by atoms with Crippen LogP contribution in [0.1, 0.15) is 51.4 Å². The Morgan fingerprint density at radius 2 is 1.78 bits per heavy atom. The lowest BCUT2D eigenvalue weighted by molar-refractivity contribution is 0.0316. The van der Waals surface area contributed by atoms with Gasteiger partial charge in [0.15, 0.2) is 0 Å². The fourth-order valence-electron chi connectivity index (χ4n) is 3.64. The van der Waals surface area contributed by atoms with Gasteiger partial charge in [-0.05, 0) is 25.9 Å². The van der Waals surface area contributed by atoms with E-state index in [0.717, 1.165) is 32.5 Å². The molecule has 2 saturated heterocycles. The molecule has 3 fully saturated rings. The molecule has 1 amide bonds. The van der Waals surface area contributed by atoms with E-state index in [9.17, 15) is 4.79 Å². The molecule has 1 N–H and O–H groups in total. The number of carbonyl (C=O) groups is 1. The maximum Gasteiger partial charge on any atom is 0.410 e. The van der Waals surface area contributed by atoms with Crippen LogP contribution in [0.25, 0.3) is 0 Å². The standard InChI is InChI=1S/C14H24N2O2/c17-13-16(12-5-3-1-2-4-6-12)11-14(18-13)7-9-15-10-8-14/h12,15H,1-11H2. The summed E-state index contributed by atoms with van der Waals surface area (Å²) in [6.07, 6.45) is 9.43. The number of amides is 1. The van der Waals surface area contributed by atoms with E-state index in [-0.39, 0.29) is 11.7 Å². The number of hydrogen-bond donors (Lipinski definition) is 1. The molecule has 0 bridgehead atoms. The molecule has 0 atom stereocenters. The zero-order chi connectivity index (χ0) is 12.4. The van der Waals surface area contributed by atoms with Crippen molar-refractivity contribution < 1.29 is 9.53 Å². The van der Waals surface area contributed by atoms with E-state index >= 15 is 0 Å². The van der Waals surface area contributed by atoms with E-state index in [1.165, 1.54) is 38.5 Å². The number of rotatable bonds is 1. The third-order valence-corrected chi connectivity index (χ3v) is 4.78. The van der Waals surface area contributed by atoms with Crippen LogP contribution >= 0.6 is 0 Å². The molecule has 2 aliphatic heterocycles. The van der Waals surface area contributed by atoms with Gasteiger partial charge < -0.3 is 15.0 Å². The molecular formula is C14H24N2O2. The first-order valence-corrected chi connectivity index (χ1v) is 7.49. The molecule has 102 valence electrons. The Hall–Kier alpha value is -0.770. The van der Waals surface area contributed by atoms with E-state index < -0.39 is 0 Å². The van der Waals surface area contributed by atoms with Crippen LogP contribution in [0.3, 0.4) is 0 Å². The maximum atomic E-state index is 12.1. The predicted octanol–water partition coefficient (Wildman–Crippen LogP) is 2.28. The molecular weight excluding hydrogens is 228 g/mol. The quantitative estimate of drug-likeness (QED) is 0.728. The van der Waals surface area contributed by atoms with Crippen molar-refractivity contribution in [2.24, 2.45) is 0 Å². The monoisotopic (exact) mass is 252 g/mol. The van der Waals surface area contributed by atoms with Gasteiger partial charge in [-0.3, -0.25) is 0 Å². The van der Waals surface area contributed by atoms with Crippen LogP contribution in [0.2, 0.25) is 0 Å². The molecule has 4 heteroatoms. The minimum atomic E-state index is -0.172. The Morgan fingerprint density at radius 1 is 1.11 bits per heavy atom. The van der Waals surface area contributed by atoms with Crippen molar-refractivity contribution >= 4 is 6.09 Å². The fourth-order valence-corrected chi connectivity index (χ4v) is 3.64. The average Bonchev–Trinajstić information content (AvgIpc) is 2.59. The number of nitrogens with zero attached hydrogens (tertiary/aromatic N) is 1. The van der Waals surface area contributed by atoms with Gasteiger partial charge in [-0.1, -0.05) is 25.7 Å². The summed E-state index contributed by atoms with van der Waals surface area (Å²) in [6.45, 7) is 2.79. The molecule has 0 unspecified atom stereocenters. The van der Waals surface area contributed by atoms with Crippen LogP contribution in [0.4, 0.5) is 4.79 Å². The fraction of sp³-hybridized carbons (Fsp3) is 0.929. The second kappa shape index (κ2) is 5.08. The van der Waals surface area contributed by atoms with Gasteiger partial charge in [0.25, 0.3) is 0 Å². The summed E-state index contributed by atoms with van der Waals surface area (Å²) >= 11 is 0. The van der Waals surface area contributed by atoms with Crippen molar-refractivity contribution in [1.82, 2.24) is 10.2 Å². The third kappa shape index (κ3) is 2.35. The van der Waals surface area contributed by atoms with E-state index in [2.05, 4.69) is 5.32 Å². The summed E-state index contributed by atoms with van der Waals surface area (Å²) in [6, 6.07) is 0.439. The van der Waals surface area contributed by atoms with Gasteiger partial charge >= 0.3 is 6.09 Å². The molecule has 1 spiro atoms. The lowest BCUT2D eigenvalue weighted by atomic mass is 9.92. The molecule has 0 aromatic heterocycles. The smallest absolute Gasteiger partial charge is 0.410 e. The highest BCUT2D eigenvalue weighted by Crippen LogP contribution is 2.34. The van der Waals surface area contributed by atoms with Gasteiger partial charge in [-0.25, -0.2) is 4.79 Å². The van der Waals surface area contributed by atoms with Gasteiger partial charge in [0.2, 0.25) is 0 Å². The summed E-state index contributed by atoms with van der Waals surface area (Å²) in [5.41, 5.74) is -0.172. The lowest BCUT2D eigenvalue weighted by Gasteiger charge is -2.32. The van der Waals surface area contributed by atoms with Crippen LogP contribution in [0.15, 0.2) is 0 Å². The largest absolute Gasteiger partial charge is 0.441 e. The van der Waals surface area contributed by atoms with Gasteiger partial charge in [-0.2, -0.15) is 0 Å². The van der Waals surface area contributed by atoms with Crippen molar-refractivity contribution in [3.8, 4) is 0 Å². The third-order valence-electron chi connectivity index (χ3n) is 4.78. The molecule has 3 rings (SSSR count). The second-order valence-corrected chi connectivity index (χ2v) is 6.07. The lowest BCUT2D eigenvalue weighted by Crippen LogP contribution is -2.46. The highest BCUT2D eigenvalue weighted by Gasteiger charge is 2.47. The molecule has 0 radical (unpaired) electrons. The zero-order valence-corrected chi connectivity index (χ0v) is 11.1.